The van der Waals surface area contributed by atoms with Gasteiger partial charge < -0.3 is 25.0 Å². The van der Waals surface area contributed by atoms with Gasteiger partial charge in [0, 0.05) is 50.7 Å². The Morgan fingerprint density at radius 3 is 2.82 bits per heavy atom. The van der Waals surface area contributed by atoms with Gasteiger partial charge in [-0.05, 0) is 37.1 Å². The van der Waals surface area contributed by atoms with Crippen LogP contribution in [-0.2, 0) is 16.0 Å². The van der Waals surface area contributed by atoms with Crippen LogP contribution in [0.3, 0.4) is 0 Å². The van der Waals surface area contributed by atoms with E-state index in [4.69, 9.17) is 9.47 Å². The molecule has 2 aliphatic heterocycles. The van der Waals surface area contributed by atoms with Crippen molar-refractivity contribution in [2.75, 3.05) is 43.5 Å². The Labute approximate surface area is 196 Å². The van der Waals surface area contributed by atoms with Crippen molar-refractivity contribution in [2.24, 2.45) is 0 Å². The second-order valence-corrected chi connectivity index (χ2v) is 8.28. The summed E-state index contributed by atoms with van der Waals surface area (Å²) in [5.41, 5.74) is 1.27. The largest absolute Gasteiger partial charge is 0.486 e. The van der Waals surface area contributed by atoms with Crippen molar-refractivity contribution in [2.45, 2.75) is 32.1 Å². The summed E-state index contributed by atoms with van der Waals surface area (Å²) in [6.07, 6.45) is 3.09. The van der Waals surface area contributed by atoms with E-state index in [1.165, 1.54) is 0 Å². The summed E-state index contributed by atoms with van der Waals surface area (Å²) in [4.78, 5) is 26.1. The number of carbonyl (C=O) groups excluding carboxylic acids is 2. The molecule has 34 heavy (non-hydrogen) atoms. The van der Waals surface area contributed by atoms with Crippen molar-refractivity contribution in [1.82, 2.24) is 24.7 Å². The van der Waals surface area contributed by atoms with Crippen LogP contribution in [0.5, 0.6) is 11.5 Å². The summed E-state index contributed by atoms with van der Waals surface area (Å²) in [5, 5.41) is 19.1. The number of fused-ring (bicyclic) bond motifs is 2. The average Bonchev–Trinajstić information content (AvgIpc) is 3.45. The van der Waals surface area contributed by atoms with E-state index in [-0.39, 0.29) is 18.2 Å². The highest BCUT2D eigenvalue weighted by Crippen LogP contribution is 2.32. The number of nitrogens with one attached hydrogen (secondary N) is 2. The number of aryl methyl sites for hydroxylation is 1. The molecular weight excluding hydrogens is 438 g/mol. The molecule has 11 nitrogen and oxygen atoms in total. The lowest BCUT2D eigenvalue weighted by Crippen LogP contribution is -2.27. The summed E-state index contributed by atoms with van der Waals surface area (Å²) in [6.45, 7) is 3.33. The van der Waals surface area contributed by atoms with E-state index in [0.717, 1.165) is 25.9 Å². The smallest absolute Gasteiger partial charge is 0.224 e. The van der Waals surface area contributed by atoms with Crippen LogP contribution in [0.1, 0.15) is 31.5 Å². The molecule has 178 valence electrons. The fourth-order valence-corrected chi connectivity index (χ4v) is 4.08. The molecule has 0 radical (unpaired) electrons. The Morgan fingerprint density at radius 1 is 1.09 bits per heavy atom. The number of rotatable bonds is 9. The van der Waals surface area contributed by atoms with E-state index in [0.29, 0.717) is 67.1 Å². The SMILES string of the molecule is O=C(CCc1nnc2ccc(NCCCN3CCCC3=O)nn12)Nc1ccc2c(c1)OCCO2. The summed E-state index contributed by atoms with van der Waals surface area (Å²) >= 11 is 0. The monoisotopic (exact) mass is 465 g/mol. The second kappa shape index (κ2) is 9.94. The number of hydrogen-bond acceptors (Lipinski definition) is 8. The predicted octanol–water partition coefficient (Wildman–Crippen LogP) is 1.89. The Balaban J connectivity index is 1.14. The van der Waals surface area contributed by atoms with E-state index in [9.17, 15) is 9.59 Å². The molecule has 4 heterocycles. The van der Waals surface area contributed by atoms with Gasteiger partial charge in [0.2, 0.25) is 11.8 Å². The van der Waals surface area contributed by atoms with Gasteiger partial charge in [-0.2, -0.15) is 4.52 Å². The number of carbonyl (C=O) groups is 2. The molecule has 2 amide bonds. The van der Waals surface area contributed by atoms with Crippen LogP contribution in [0.25, 0.3) is 5.65 Å². The predicted molar refractivity (Wildman–Crippen MR) is 124 cm³/mol. The maximum absolute atomic E-state index is 12.5. The molecule has 0 saturated carbocycles. The van der Waals surface area contributed by atoms with Crippen molar-refractivity contribution >= 4 is 29.0 Å². The number of likely N-dealkylation sites (tertiary alicyclic amines) is 1. The number of benzene rings is 1. The molecule has 0 spiro atoms. The van der Waals surface area contributed by atoms with Gasteiger partial charge in [0.05, 0.1) is 0 Å². The average molecular weight is 466 g/mol. The summed E-state index contributed by atoms with van der Waals surface area (Å²) in [5.74, 6) is 2.72. The van der Waals surface area contributed by atoms with Gasteiger partial charge in [-0.1, -0.05) is 0 Å². The highest BCUT2D eigenvalue weighted by atomic mass is 16.6. The standard InChI is InChI=1S/C23H27N7O4/c31-22(25-16-4-5-17-18(15-16)34-14-13-33-17)9-8-21-27-26-20-7-6-19(28-30(20)21)24-10-2-12-29-11-1-3-23(29)32/h4-7,15H,1-3,8-14H2,(H,24,28)(H,25,31). The van der Waals surface area contributed by atoms with Crippen molar-refractivity contribution in [1.29, 1.82) is 0 Å². The number of nitrogens with zero attached hydrogens (tertiary/aromatic N) is 5. The van der Waals surface area contributed by atoms with E-state index in [2.05, 4.69) is 25.9 Å². The molecule has 3 aromatic rings. The number of aromatic nitrogens is 4. The first kappa shape index (κ1) is 21.9. The lowest BCUT2D eigenvalue weighted by Gasteiger charge is -2.19. The summed E-state index contributed by atoms with van der Waals surface area (Å²) in [6, 6.07) is 9.03. The third-order valence-electron chi connectivity index (χ3n) is 5.81. The van der Waals surface area contributed by atoms with Gasteiger partial charge in [-0.3, -0.25) is 9.59 Å². The Hall–Kier alpha value is -3.89. The van der Waals surface area contributed by atoms with E-state index in [1.54, 1.807) is 22.7 Å². The lowest BCUT2D eigenvalue weighted by molar-refractivity contribution is -0.127. The molecule has 0 atom stereocenters. The highest BCUT2D eigenvalue weighted by molar-refractivity contribution is 5.91. The van der Waals surface area contributed by atoms with E-state index < -0.39 is 0 Å². The molecular formula is C23H27N7O4. The van der Waals surface area contributed by atoms with Crippen LogP contribution in [-0.4, -0.2) is 69.4 Å². The maximum Gasteiger partial charge on any atom is 0.224 e. The fraction of sp³-hybridized carbons (Fsp3) is 0.435. The highest BCUT2D eigenvalue weighted by Gasteiger charge is 2.19. The Kier molecular flexibility index (Phi) is 6.41. The van der Waals surface area contributed by atoms with Crippen molar-refractivity contribution in [3.05, 3.63) is 36.2 Å². The molecule has 1 saturated heterocycles. The first-order valence-corrected chi connectivity index (χ1v) is 11.6. The molecule has 1 aromatic carbocycles. The Morgan fingerprint density at radius 2 is 1.97 bits per heavy atom. The molecule has 2 N–H and O–H groups in total. The van der Waals surface area contributed by atoms with Gasteiger partial charge in [0.15, 0.2) is 23.0 Å². The fourth-order valence-electron chi connectivity index (χ4n) is 4.08. The van der Waals surface area contributed by atoms with E-state index in [1.807, 2.05) is 17.0 Å². The molecule has 5 rings (SSSR count). The quantitative estimate of drug-likeness (QED) is 0.460. The first-order chi connectivity index (χ1) is 16.7. The third kappa shape index (κ3) is 5.03. The number of hydrogen-bond donors (Lipinski definition) is 2. The summed E-state index contributed by atoms with van der Waals surface area (Å²) < 4.78 is 12.7. The Bertz CT molecular complexity index is 1200. The van der Waals surface area contributed by atoms with Crippen LogP contribution in [0, 0.1) is 0 Å². The van der Waals surface area contributed by atoms with Crippen molar-refractivity contribution in [3.63, 3.8) is 0 Å². The zero-order chi connectivity index (χ0) is 23.3. The number of ether oxygens (including phenoxy) is 2. The normalized spacial score (nSPS) is 15.1. The molecule has 1 fully saturated rings. The van der Waals surface area contributed by atoms with Gasteiger partial charge in [0.25, 0.3) is 0 Å². The van der Waals surface area contributed by atoms with Gasteiger partial charge >= 0.3 is 0 Å². The molecule has 11 heteroatoms. The third-order valence-corrected chi connectivity index (χ3v) is 5.81. The minimum Gasteiger partial charge on any atom is -0.486 e. The minimum absolute atomic E-state index is 0.140. The second-order valence-electron chi connectivity index (χ2n) is 8.28. The molecule has 0 aliphatic carbocycles. The topological polar surface area (TPSA) is 123 Å². The zero-order valence-electron chi connectivity index (χ0n) is 18.8. The molecule has 2 aliphatic rings. The first-order valence-electron chi connectivity index (χ1n) is 11.6. The van der Waals surface area contributed by atoms with Crippen LogP contribution in [0.4, 0.5) is 11.5 Å². The van der Waals surface area contributed by atoms with E-state index >= 15 is 0 Å². The van der Waals surface area contributed by atoms with Crippen LogP contribution >= 0.6 is 0 Å². The molecule has 2 aromatic heterocycles. The van der Waals surface area contributed by atoms with Crippen LogP contribution in [0.15, 0.2) is 30.3 Å². The van der Waals surface area contributed by atoms with Gasteiger partial charge in [0.1, 0.15) is 19.0 Å². The molecule has 0 unspecified atom stereocenters. The minimum atomic E-state index is -0.140. The van der Waals surface area contributed by atoms with Gasteiger partial charge in [-0.15, -0.1) is 15.3 Å². The molecule has 0 bridgehead atoms. The van der Waals surface area contributed by atoms with Crippen LogP contribution < -0.4 is 20.1 Å². The number of amides is 2. The summed E-state index contributed by atoms with van der Waals surface area (Å²) in [7, 11) is 0. The maximum atomic E-state index is 12.5. The lowest BCUT2D eigenvalue weighted by atomic mass is 10.2. The van der Waals surface area contributed by atoms with Crippen molar-refractivity contribution in [3.8, 4) is 11.5 Å². The number of anilines is 2. The van der Waals surface area contributed by atoms with Crippen LogP contribution in [0.2, 0.25) is 0 Å². The zero-order valence-corrected chi connectivity index (χ0v) is 18.8. The van der Waals surface area contributed by atoms with Gasteiger partial charge in [-0.25, -0.2) is 0 Å². The van der Waals surface area contributed by atoms with Crippen molar-refractivity contribution < 1.29 is 19.1 Å².